The van der Waals surface area contributed by atoms with E-state index in [0.717, 1.165) is 12.5 Å². The molecule has 10 heavy (non-hydrogen) atoms. The van der Waals surface area contributed by atoms with E-state index in [1.807, 2.05) is 0 Å². The first kappa shape index (κ1) is 8.06. The van der Waals surface area contributed by atoms with Gasteiger partial charge in [0.2, 0.25) is 0 Å². The second-order valence-corrected chi connectivity index (χ2v) is 3.61. The molecule has 0 N–H and O–H groups in total. The number of hydrogen-bond donors (Lipinski definition) is 0. The van der Waals surface area contributed by atoms with Crippen molar-refractivity contribution in [1.82, 2.24) is 0 Å². The molecule has 0 unspecified atom stereocenters. The molecular weight excluding hydrogens is 124 g/mol. The summed E-state index contributed by atoms with van der Waals surface area (Å²) in [6, 6.07) is 0. The monoisotopic (exact) mass is 142 g/mol. The van der Waals surface area contributed by atoms with Crippen LogP contribution in [0.1, 0.15) is 39.5 Å². The first-order chi connectivity index (χ1) is 4.79. The van der Waals surface area contributed by atoms with Gasteiger partial charge in [-0.3, -0.25) is 0 Å². The molecule has 0 atom stereocenters. The summed E-state index contributed by atoms with van der Waals surface area (Å²) in [5.41, 5.74) is 0. The third-order valence-electron chi connectivity index (χ3n) is 2.10. The van der Waals surface area contributed by atoms with Crippen LogP contribution in [0.3, 0.4) is 0 Å². The molecule has 0 amide bonds. The van der Waals surface area contributed by atoms with Crippen molar-refractivity contribution in [2.45, 2.75) is 45.6 Å². The van der Waals surface area contributed by atoms with Crippen molar-refractivity contribution >= 4 is 0 Å². The Bertz CT molecular complexity index is 84.7. The Hall–Kier alpha value is -0.0400. The van der Waals surface area contributed by atoms with Crippen molar-refractivity contribution < 1.29 is 4.74 Å². The average Bonchev–Trinajstić information content (AvgIpc) is 1.75. The Morgan fingerprint density at radius 1 is 1.40 bits per heavy atom. The van der Waals surface area contributed by atoms with Gasteiger partial charge in [-0.2, -0.15) is 0 Å². The van der Waals surface area contributed by atoms with Crippen molar-refractivity contribution in [3.05, 3.63) is 0 Å². The van der Waals surface area contributed by atoms with Gasteiger partial charge in [0.25, 0.3) is 0 Å². The fourth-order valence-electron chi connectivity index (χ4n) is 1.01. The van der Waals surface area contributed by atoms with Crippen molar-refractivity contribution in [2.24, 2.45) is 5.92 Å². The summed E-state index contributed by atoms with van der Waals surface area (Å²) < 4.78 is 5.59. The van der Waals surface area contributed by atoms with E-state index < -0.39 is 0 Å². The minimum Gasteiger partial charge on any atom is -0.378 e. The number of rotatable bonds is 4. The van der Waals surface area contributed by atoms with Crippen LogP contribution in [-0.2, 0) is 4.74 Å². The van der Waals surface area contributed by atoms with Gasteiger partial charge in [-0.05, 0) is 31.6 Å². The molecule has 1 saturated carbocycles. The molecule has 60 valence electrons. The molecule has 0 radical (unpaired) electrons. The zero-order valence-corrected chi connectivity index (χ0v) is 7.10. The SMILES string of the molecule is CC(C)CCOC1CCC1. The average molecular weight is 142 g/mol. The Labute approximate surface area is 63.8 Å². The summed E-state index contributed by atoms with van der Waals surface area (Å²) in [6.07, 6.45) is 5.83. The van der Waals surface area contributed by atoms with E-state index in [1.54, 1.807) is 0 Å². The molecule has 0 aliphatic heterocycles. The third kappa shape index (κ3) is 2.70. The van der Waals surface area contributed by atoms with Gasteiger partial charge in [0.1, 0.15) is 0 Å². The van der Waals surface area contributed by atoms with Crippen molar-refractivity contribution in [1.29, 1.82) is 0 Å². The van der Waals surface area contributed by atoms with Crippen LogP contribution in [0.2, 0.25) is 0 Å². The highest BCUT2D eigenvalue weighted by Gasteiger charge is 2.17. The van der Waals surface area contributed by atoms with Crippen LogP contribution in [0.4, 0.5) is 0 Å². The van der Waals surface area contributed by atoms with Crippen LogP contribution in [-0.4, -0.2) is 12.7 Å². The maximum absolute atomic E-state index is 5.59. The number of hydrogen-bond acceptors (Lipinski definition) is 1. The van der Waals surface area contributed by atoms with Crippen LogP contribution >= 0.6 is 0 Å². The molecule has 1 heteroatoms. The second-order valence-electron chi connectivity index (χ2n) is 3.61. The maximum atomic E-state index is 5.59. The molecule has 1 nitrogen and oxygen atoms in total. The molecule has 0 heterocycles. The highest BCUT2D eigenvalue weighted by Crippen LogP contribution is 2.22. The summed E-state index contributed by atoms with van der Waals surface area (Å²) in [6.45, 7) is 5.45. The highest BCUT2D eigenvalue weighted by atomic mass is 16.5. The van der Waals surface area contributed by atoms with Gasteiger partial charge in [0.15, 0.2) is 0 Å². The molecule has 0 aromatic rings. The molecular formula is C9H18O. The Balaban J connectivity index is 1.85. The molecule has 1 aliphatic rings. The number of ether oxygens (including phenoxy) is 1. The van der Waals surface area contributed by atoms with Gasteiger partial charge in [-0.1, -0.05) is 13.8 Å². The lowest BCUT2D eigenvalue weighted by Gasteiger charge is -2.25. The van der Waals surface area contributed by atoms with E-state index in [2.05, 4.69) is 13.8 Å². The van der Waals surface area contributed by atoms with E-state index in [-0.39, 0.29) is 0 Å². The summed E-state index contributed by atoms with van der Waals surface area (Å²) in [7, 11) is 0. The van der Waals surface area contributed by atoms with Gasteiger partial charge in [0.05, 0.1) is 6.10 Å². The molecule has 0 saturated heterocycles. The first-order valence-electron chi connectivity index (χ1n) is 4.40. The lowest BCUT2D eigenvalue weighted by molar-refractivity contribution is -0.00222. The smallest absolute Gasteiger partial charge is 0.0575 e. The Morgan fingerprint density at radius 2 is 2.10 bits per heavy atom. The quantitative estimate of drug-likeness (QED) is 0.586. The van der Waals surface area contributed by atoms with Crippen molar-refractivity contribution in [2.75, 3.05) is 6.61 Å². The fourth-order valence-corrected chi connectivity index (χ4v) is 1.01. The summed E-state index contributed by atoms with van der Waals surface area (Å²) in [4.78, 5) is 0. The third-order valence-corrected chi connectivity index (χ3v) is 2.10. The molecule has 0 bridgehead atoms. The highest BCUT2D eigenvalue weighted by molar-refractivity contribution is 4.68. The van der Waals surface area contributed by atoms with Gasteiger partial charge < -0.3 is 4.74 Å². The first-order valence-corrected chi connectivity index (χ1v) is 4.40. The second kappa shape index (κ2) is 3.97. The van der Waals surface area contributed by atoms with Crippen molar-refractivity contribution in [3.8, 4) is 0 Å². The van der Waals surface area contributed by atoms with E-state index >= 15 is 0 Å². The molecule has 0 spiro atoms. The van der Waals surface area contributed by atoms with Gasteiger partial charge in [-0.15, -0.1) is 0 Å². The predicted molar refractivity (Wildman–Crippen MR) is 43.0 cm³/mol. The van der Waals surface area contributed by atoms with E-state index in [0.29, 0.717) is 6.10 Å². The standard InChI is InChI=1S/C9H18O/c1-8(2)6-7-10-9-4-3-5-9/h8-9H,3-7H2,1-2H3. The van der Waals surface area contributed by atoms with Crippen LogP contribution < -0.4 is 0 Å². The van der Waals surface area contributed by atoms with Gasteiger partial charge >= 0.3 is 0 Å². The van der Waals surface area contributed by atoms with Crippen LogP contribution in [0.15, 0.2) is 0 Å². The summed E-state index contributed by atoms with van der Waals surface area (Å²) in [5, 5.41) is 0. The molecule has 1 aliphatic carbocycles. The maximum Gasteiger partial charge on any atom is 0.0575 e. The largest absolute Gasteiger partial charge is 0.378 e. The summed E-state index contributed by atoms with van der Waals surface area (Å²) in [5.74, 6) is 0.792. The Kier molecular flexibility index (Phi) is 3.20. The van der Waals surface area contributed by atoms with Gasteiger partial charge in [0, 0.05) is 6.61 Å². The van der Waals surface area contributed by atoms with Crippen molar-refractivity contribution in [3.63, 3.8) is 0 Å². The van der Waals surface area contributed by atoms with E-state index in [1.165, 1.54) is 25.7 Å². The zero-order chi connectivity index (χ0) is 7.40. The van der Waals surface area contributed by atoms with E-state index in [9.17, 15) is 0 Å². The fraction of sp³-hybridized carbons (Fsp3) is 1.00. The van der Waals surface area contributed by atoms with Crippen LogP contribution in [0.25, 0.3) is 0 Å². The summed E-state index contributed by atoms with van der Waals surface area (Å²) >= 11 is 0. The van der Waals surface area contributed by atoms with E-state index in [4.69, 9.17) is 4.74 Å². The lowest BCUT2D eigenvalue weighted by Crippen LogP contribution is -2.22. The molecule has 0 aromatic carbocycles. The normalized spacial score (nSPS) is 19.5. The molecule has 0 aromatic heterocycles. The molecule has 1 fully saturated rings. The minimum absolute atomic E-state index is 0.624. The minimum atomic E-state index is 0.624. The zero-order valence-electron chi connectivity index (χ0n) is 7.10. The predicted octanol–water partition coefficient (Wildman–Crippen LogP) is 2.60. The van der Waals surface area contributed by atoms with Crippen LogP contribution in [0.5, 0.6) is 0 Å². The lowest BCUT2D eigenvalue weighted by atomic mass is 9.96. The van der Waals surface area contributed by atoms with Crippen LogP contribution in [0, 0.1) is 5.92 Å². The Morgan fingerprint density at radius 3 is 2.50 bits per heavy atom. The van der Waals surface area contributed by atoms with Gasteiger partial charge in [-0.25, -0.2) is 0 Å². The molecule has 1 rings (SSSR count). The topological polar surface area (TPSA) is 9.23 Å².